The minimum absolute atomic E-state index is 0.0724. The third-order valence-electron chi connectivity index (χ3n) is 4.34. The average molecular weight is 347 g/mol. The lowest BCUT2D eigenvalue weighted by atomic mass is 10.1. The van der Waals surface area contributed by atoms with Crippen LogP contribution in [0.1, 0.15) is 30.3 Å². The highest BCUT2D eigenvalue weighted by molar-refractivity contribution is 6.30. The van der Waals surface area contributed by atoms with Gasteiger partial charge in [0.15, 0.2) is 0 Å². The van der Waals surface area contributed by atoms with Crippen molar-refractivity contribution in [3.63, 3.8) is 0 Å². The molecule has 1 aliphatic heterocycles. The first-order valence-corrected chi connectivity index (χ1v) is 8.89. The van der Waals surface area contributed by atoms with Crippen LogP contribution in [0.4, 0.5) is 0 Å². The van der Waals surface area contributed by atoms with Crippen molar-refractivity contribution in [2.24, 2.45) is 0 Å². The molecule has 1 aliphatic rings. The predicted molar refractivity (Wildman–Crippen MR) is 96.4 cm³/mol. The summed E-state index contributed by atoms with van der Waals surface area (Å²) in [6.07, 6.45) is 2.53. The summed E-state index contributed by atoms with van der Waals surface area (Å²) < 4.78 is 1.74. The summed E-state index contributed by atoms with van der Waals surface area (Å²) in [5, 5.41) is 8.20. The van der Waals surface area contributed by atoms with Crippen LogP contribution in [0.25, 0.3) is 11.3 Å². The second kappa shape index (κ2) is 7.81. The number of nitrogens with one attached hydrogen (secondary N) is 1. The maximum atomic E-state index is 12.5. The fourth-order valence-electron chi connectivity index (χ4n) is 3.05. The zero-order chi connectivity index (χ0) is 16.9. The van der Waals surface area contributed by atoms with Crippen LogP contribution in [-0.4, -0.2) is 46.8 Å². The minimum Gasteiger partial charge on any atom is -0.349 e. The van der Waals surface area contributed by atoms with Gasteiger partial charge in [0.2, 0.25) is 0 Å². The van der Waals surface area contributed by atoms with Crippen molar-refractivity contribution >= 4 is 17.5 Å². The van der Waals surface area contributed by atoms with Gasteiger partial charge >= 0.3 is 0 Å². The molecule has 0 radical (unpaired) electrons. The quantitative estimate of drug-likeness (QED) is 0.874. The van der Waals surface area contributed by atoms with Crippen LogP contribution in [0.15, 0.2) is 30.3 Å². The largest absolute Gasteiger partial charge is 0.349 e. The molecule has 1 N–H and O–H groups in total. The Hall–Kier alpha value is -1.85. The molecule has 0 saturated carbocycles. The van der Waals surface area contributed by atoms with E-state index in [-0.39, 0.29) is 5.91 Å². The topological polar surface area (TPSA) is 50.2 Å². The Morgan fingerprint density at radius 3 is 2.79 bits per heavy atom. The standard InChI is InChI=1S/C18H23ClN4O/c1-2-23-17(18(24)20-8-11-22-9-3-4-10-22)13-16(21-23)14-6-5-7-15(19)12-14/h5-7,12-13H,2-4,8-11H2,1H3,(H,20,24). The molecule has 3 rings (SSSR count). The highest BCUT2D eigenvalue weighted by Crippen LogP contribution is 2.22. The molecule has 1 amide bonds. The highest BCUT2D eigenvalue weighted by atomic mass is 35.5. The van der Waals surface area contributed by atoms with E-state index < -0.39 is 0 Å². The molecule has 0 aliphatic carbocycles. The van der Waals surface area contributed by atoms with Gasteiger partial charge in [0, 0.05) is 30.2 Å². The van der Waals surface area contributed by atoms with Gasteiger partial charge in [-0.15, -0.1) is 0 Å². The molecule has 1 fully saturated rings. The van der Waals surface area contributed by atoms with Crippen LogP contribution < -0.4 is 5.32 Å². The highest BCUT2D eigenvalue weighted by Gasteiger charge is 2.16. The number of halogens is 1. The molecule has 0 unspecified atom stereocenters. The average Bonchev–Trinajstić information content (AvgIpc) is 3.24. The maximum Gasteiger partial charge on any atom is 0.269 e. The third-order valence-corrected chi connectivity index (χ3v) is 4.58. The van der Waals surface area contributed by atoms with Crippen molar-refractivity contribution in [2.45, 2.75) is 26.3 Å². The van der Waals surface area contributed by atoms with E-state index in [1.165, 1.54) is 12.8 Å². The number of aromatic nitrogens is 2. The molecule has 0 atom stereocenters. The van der Waals surface area contributed by atoms with E-state index in [0.29, 0.717) is 23.8 Å². The van der Waals surface area contributed by atoms with Crippen molar-refractivity contribution in [3.05, 3.63) is 41.0 Å². The Balaban J connectivity index is 1.68. The summed E-state index contributed by atoms with van der Waals surface area (Å²) >= 11 is 6.05. The van der Waals surface area contributed by atoms with Gasteiger partial charge in [-0.05, 0) is 51.1 Å². The number of likely N-dealkylation sites (tertiary alicyclic amines) is 1. The predicted octanol–water partition coefficient (Wildman–Crippen LogP) is 3.05. The number of benzene rings is 1. The molecule has 5 nitrogen and oxygen atoms in total. The van der Waals surface area contributed by atoms with Gasteiger partial charge in [-0.1, -0.05) is 23.7 Å². The van der Waals surface area contributed by atoms with E-state index in [1.54, 1.807) is 4.68 Å². The van der Waals surface area contributed by atoms with E-state index in [1.807, 2.05) is 37.3 Å². The van der Waals surface area contributed by atoms with Crippen molar-refractivity contribution in [2.75, 3.05) is 26.2 Å². The van der Waals surface area contributed by atoms with Crippen LogP contribution in [0.2, 0.25) is 5.02 Å². The third kappa shape index (κ3) is 3.97. The second-order valence-electron chi connectivity index (χ2n) is 6.05. The zero-order valence-electron chi connectivity index (χ0n) is 14.0. The number of hydrogen-bond donors (Lipinski definition) is 1. The Morgan fingerprint density at radius 1 is 1.29 bits per heavy atom. The van der Waals surface area contributed by atoms with Crippen LogP contribution in [0, 0.1) is 0 Å². The Kier molecular flexibility index (Phi) is 5.53. The minimum atomic E-state index is -0.0724. The number of amides is 1. The van der Waals surface area contributed by atoms with E-state index in [2.05, 4.69) is 15.3 Å². The Morgan fingerprint density at radius 2 is 2.08 bits per heavy atom. The van der Waals surface area contributed by atoms with Gasteiger partial charge in [0.1, 0.15) is 5.69 Å². The van der Waals surface area contributed by atoms with Crippen molar-refractivity contribution in [1.82, 2.24) is 20.0 Å². The number of hydrogen-bond acceptors (Lipinski definition) is 3. The van der Waals surface area contributed by atoms with Crippen LogP contribution >= 0.6 is 11.6 Å². The Bertz CT molecular complexity index is 707. The second-order valence-corrected chi connectivity index (χ2v) is 6.48. The number of nitrogens with zero attached hydrogens (tertiary/aromatic N) is 3. The summed E-state index contributed by atoms with van der Waals surface area (Å²) in [5.41, 5.74) is 2.28. The molecule has 1 aromatic carbocycles. The molecule has 0 spiro atoms. The number of rotatable bonds is 6. The fraction of sp³-hybridized carbons (Fsp3) is 0.444. The van der Waals surface area contributed by atoms with Crippen molar-refractivity contribution < 1.29 is 4.79 Å². The molecule has 2 aromatic rings. The molecule has 1 aromatic heterocycles. The molecule has 128 valence electrons. The molecule has 24 heavy (non-hydrogen) atoms. The molecular formula is C18H23ClN4O. The van der Waals surface area contributed by atoms with E-state index in [9.17, 15) is 4.79 Å². The first-order chi connectivity index (χ1) is 11.7. The monoisotopic (exact) mass is 346 g/mol. The first kappa shape index (κ1) is 17.0. The van der Waals surface area contributed by atoms with Gasteiger partial charge in [0.05, 0.1) is 5.69 Å². The summed E-state index contributed by atoms with van der Waals surface area (Å²) in [5.74, 6) is -0.0724. The van der Waals surface area contributed by atoms with Crippen molar-refractivity contribution in [1.29, 1.82) is 0 Å². The van der Waals surface area contributed by atoms with Gasteiger partial charge in [-0.25, -0.2) is 0 Å². The van der Waals surface area contributed by atoms with Crippen LogP contribution in [0.3, 0.4) is 0 Å². The number of carbonyl (C=O) groups is 1. The number of aryl methyl sites for hydroxylation is 1. The van der Waals surface area contributed by atoms with Gasteiger partial charge in [0.25, 0.3) is 5.91 Å². The number of carbonyl (C=O) groups excluding carboxylic acids is 1. The SMILES string of the molecule is CCn1nc(-c2cccc(Cl)c2)cc1C(=O)NCCN1CCCC1. The summed E-state index contributed by atoms with van der Waals surface area (Å²) in [4.78, 5) is 14.9. The molecule has 2 heterocycles. The van der Waals surface area contributed by atoms with E-state index >= 15 is 0 Å². The molecule has 6 heteroatoms. The van der Waals surface area contributed by atoms with Crippen LogP contribution in [0.5, 0.6) is 0 Å². The lowest BCUT2D eigenvalue weighted by Crippen LogP contribution is -2.34. The Labute approximate surface area is 147 Å². The van der Waals surface area contributed by atoms with Gasteiger partial charge in [-0.2, -0.15) is 5.10 Å². The lowest BCUT2D eigenvalue weighted by molar-refractivity contribution is 0.0939. The molecule has 0 bridgehead atoms. The first-order valence-electron chi connectivity index (χ1n) is 8.51. The summed E-state index contributed by atoms with van der Waals surface area (Å²) in [7, 11) is 0. The molecule has 1 saturated heterocycles. The fourth-order valence-corrected chi connectivity index (χ4v) is 3.24. The van der Waals surface area contributed by atoms with Gasteiger partial charge < -0.3 is 10.2 Å². The molecular weight excluding hydrogens is 324 g/mol. The lowest BCUT2D eigenvalue weighted by Gasteiger charge is -2.14. The van der Waals surface area contributed by atoms with Gasteiger partial charge in [-0.3, -0.25) is 9.48 Å². The van der Waals surface area contributed by atoms with Crippen LogP contribution in [-0.2, 0) is 6.54 Å². The summed E-state index contributed by atoms with van der Waals surface area (Å²) in [6, 6.07) is 9.36. The summed E-state index contributed by atoms with van der Waals surface area (Å²) in [6.45, 7) is 6.49. The van der Waals surface area contributed by atoms with E-state index in [4.69, 9.17) is 11.6 Å². The normalized spacial score (nSPS) is 14.9. The zero-order valence-corrected chi connectivity index (χ0v) is 14.7. The maximum absolute atomic E-state index is 12.5. The smallest absolute Gasteiger partial charge is 0.269 e. The van der Waals surface area contributed by atoms with E-state index in [0.717, 1.165) is 30.9 Å². The van der Waals surface area contributed by atoms with Crippen molar-refractivity contribution in [3.8, 4) is 11.3 Å².